The molecule has 7 heteroatoms. The van der Waals surface area contributed by atoms with Crippen molar-refractivity contribution in [2.45, 2.75) is 19.8 Å². The second-order valence-corrected chi connectivity index (χ2v) is 6.38. The first-order chi connectivity index (χ1) is 14.2. The molecule has 0 bridgehead atoms. The number of aromatic nitrogens is 2. The van der Waals surface area contributed by atoms with Crippen molar-refractivity contribution < 1.29 is 9.59 Å². The lowest BCUT2D eigenvalue weighted by Gasteiger charge is -2.11. The summed E-state index contributed by atoms with van der Waals surface area (Å²) in [6.45, 7) is 2.82. The zero-order valence-electron chi connectivity index (χ0n) is 16.2. The van der Waals surface area contributed by atoms with E-state index in [1.165, 1.54) is 0 Å². The van der Waals surface area contributed by atoms with Crippen LogP contribution in [0.4, 0.5) is 17.6 Å². The Morgan fingerprint density at radius 3 is 1.93 bits per heavy atom. The van der Waals surface area contributed by atoms with E-state index < -0.39 is 0 Å². The van der Waals surface area contributed by atoms with Crippen molar-refractivity contribution in [3.63, 3.8) is 0 Å². The predicted octanol–water partition coefficient (Wildman–Crippen LogP) is 4.19. The Morgan fingerprint density at radius 2 is 1.34 bits per heavy atom. The molecule has 29 heavy (non-hydrogen) atoms. The first kappa shape index (κ1) is 20.0. The predicted molar refractivity (Wildman–Crippen MR) is 114 cm³/mol. The molecule has 0 saturated heterocycles. The van der Waals surface area contributed by atoms with Gasteiger partial charge in [0.2, 0.25) is 5.95 Å². The Labute approximate surface area is 169 Å². The minimum Gasteiger partial charge on any atom is -0.370 e. The Bertz CT molecular complexity index is 890. The smallest absolute Gasteiger partial charge is 0.258 e. The summed E-state index contributed by atoms with van der Waals surface area (Å²) < 4.78 is 0. The van der Waals surface area contributed by atoms with Crippen LogP contribution in [0, 0.1) is 0 Å². The van der Waals surface area contributed by atoms with Gasteiger partial charge in [0, 0.05) is 23.7 Å². The number of anilines is 3. The summed E-state index contributed by atoms with van der Waals surface area (Å²) in [5, 5.41) is 8.65. The second kappa shape index (κ2) is 9.98. The maximum Gasteiger partial charge on any atom is 0.258 e. The van der Waals surface area contributed by atoms with E-state index in [2.05, 4.69) is 32.8 Å². The zero-order valence-corrected chi connectivity index (χ0v) is 16.2. The van der Waals surface area contributed by atoms with Crippen LogP contribution in [-0.2, 0) is 0 Å². The monoisotopic (exact) mass is 389 g/mol. The van der Waals surface area contributed by atoms with E-state index in [1.54, 1.807) is 54.6 Å². The van der Waals surface area contributed by atoms with E-state index in [1.807, 2.05) is 12.1 Å². The topological polar surface area (TPSA) is 96.0 Å². The van der Waals surface area contributed by atoms with Crippen molar-refractivity contribution in [3.05, 3.63) is 77.9 Å². The zero-order chi connectivity index (χ0) is 20.5. The van der Waals surface area contributed by atoms with Gasteiger partial charge in [0.1, 0.15) is 11.6 Å². The lowest BCUT2D eigenvalue weighted by molar-refractivity contribution is 0.101. The van der Waals surface area contributed by atoms with Gasteiger partial charge in [-0.2, -0.15) is 9.97 Å². The summed E-state index contributed by atoms with van der Waals surface area (Å²) in [5.74, 6) is 0.334. The van der Waals surface area contributed by atoms with E-state index in [-0.39, 0.29) is 17.8 Å². The van der Waals surface area contributed by atoms with Crippen LogP contribution < -0.4 is 16.0 Å². The number of unbranched alkanes of at least 4 members (excludes halogenated alkanes) is 1. The molecule has 1 aromatic heterocycles. The summed E-state index contributed by atoms with van der Waals surface area (Å²) >= 11 is 0. The molecule has 7 nitrogen and oxygen atoms in total. The van der Waals surface area contributed by atoms with Crippen LogP contribution >= 0.6 is 0 Å². The molecule has 0 spiro atoms. The Morgan fingerprint density at radius 1 is 0.793 bits per heavy atom. The highest BCUT2D eigenvalue weighted by atomic mass is 16.2. The molecule has 0 atom stereocenters. The minimum atomic E-state index is -0.323. The SMILES string of the molecule is CCCCNc1cc(NC(=O)c2ccccc2)nc(NC(=O)c2ccccc2)n1. The van der Waals surface area contributed by atoms with Crippen molar-refractivity contribution >= 4 is 29.4 Å². The Balaban J connectivity index is 1.81. The third-order valence-corrected chi connectivity index (χ3v) is 4.10. The molecule has 148 valence electrons. The van der Waals surface area contributed by atoms with Gasteiger partial charge >= 0.3 is 0 Å². The molecule has 0 aliphatic heterocycles. The minimum absolute atomic E-state index is 0.115. The summed E-state index contributed by atoms with van der Waals surface area (Å²) in [6, 6.07) is 19.3. The van der Waals surface area contributed by atoms with E-state index >= 15 is 0 Å². The summed E-state index contributed by atoms with van der Waals surface area (Å²) in [5.41, 5.74) is 1.01. The fourth-order valence-electron chi connectivity index (χ4n) is 2.59. The molecule has 3 rings (SSSR count). The second-order valence-electron chi connectivity index (χ2n) is 6.38. The van der Waals surface area contributed by atoms with Gasteiger partial charge in [-0.25, -0.2) is 0 Å². The number of benzene rings is 2. The molecule has 0 radical (unpaired) electrons. The molecule has 2 aromatic carbocycles. The largest absolute Gasteiger partial charge is 0.370 e. The number of nitrogens with one attached hydrogen (secondary N) is 3. The van der Waals surface area contributed by atoms with Gasteiger partial charge in [0.15, 0.2) is 0 Å². The molecular formula is C22H23N5O2. The van der Waals surface area contributed by atoms with Gasteiger partial charge in [0.05, 0.1) is 0 Å². The van der Waals surface area contributed by atoms with Gasteiger partial charge < -0.3 is 10.6 Å². The standard InChI is InChI=1S/C22H23N5O2/c1-2-3-14-23-18-15-19(24-20(28)16-10-6-4-7-11-16)26-22(25-18)27-21(29)17-12-8-5-9-13-17/h4-13,15H,2-3,14H2,1H3,(H3,23,24,25,26,27,28,29). The Hall–Kier alpha value is -3.74. The average molecular weight is 389 g/mol. The number of amides is 2. The Kier molecular flexibility index (Phi) is 6.89. The molecule has 0 saturated carbocycles. The highest BCUT2D eigenvalue weighted by Gasteiger charge is 2.12. The number of hydrogen-bond acceptors (Lipinski definition) is 5. The van der Waals surface area contributed by atoms with Gasteiger partial charge in [-0.05, 0) is 30.7 Å². The maximum atomic E-state index is 12.5. The molecule has 0 aliphatic rings. The molecule has 2 amide bonds. The highest BCUT2D eigenvalue weighted by molar-refractivity contribution is 6.05. The molecule has 3 aromatic rings. The number of carbonyl (C=O) groups excluding carboxylic acids is 2. The van der Waals surface area contributed by atoms with Gasteiger partial charge in [0.25, 0.3) is 11.8 Å². The van der Waals surface area contributed by atoms with E-state index in [4.69, 9.17) is 0 Å². The van der Waals surface area contributed by atoms with Crippen LogP contribution in [0.5, 0.6) is 0 Å². The number of hydrogen-bond donors (Lipinski definition) is 3. The lowest BCUT2D eigenvalue weighted by atomic mass is 10.2. The van der Waals surface area contributed by atoms with Crippen LogP contribution in [0.15, 0.2) is 66.7 Å². The molecule has 1 heterocycles. The van der Waals surface area contributed by atoms with Crippen molar-refractivity contribution in [1.29, 1.82) is 0 Å². The molecule has 0 aliphatic carbocycles. The van der Waals surface area contributed by atoms with Crippen LogP contribution in [0.25, 0.3) is 0 Å². The molecule has 0 unspecified atom stereocenters. The summed E-state index contributed by atoms with van der Waals surface area (Å²) in [4.78, 5) is 33.5. The van der Waals surface area contributed by atoms with E-state index in [0.29, 0.717) is 22.8 Å². The van der Waals surface area contributed by atoms with Gasteiger partial charge in [-0.15, -0.1) is 0 Å². The average Bonchev–Trinajstić information content (AvgIpc) is 2.75. The van der Waals surface area contributed by atoms with E-state index in [9.17, 15) is 9.59 Å². The normalized spacial score (nSPS) is 10.2. The first-order valence-electron chi connectivity index (χ1n) is 9.51. The third-order valence-electron chi connectivity index (χ3n) is 4.10. The number of carbonyl (C=O) groups is 2. The van der Waals surface area contributed by atoms with Crippen LogP contribution in [-0.4, -0.2) is 28.3 Å². The van der Waals surface area contributed by atoms with Gasteiger partial charge in [-0.1, -0.05) is 49.7 Å². The fraction of sp³-hybridized carbons (Fsp3) is 0.182. The van der Waals surface area contributed by atoms with E-state index in [0.717, 1.165) is 19.4 Å². The van der Waals surface area contributed by atoms with Crippen molar-refractivity contribution in [1.82, 2.24) is 9.97 Å². The summed E-state index contributed by atoms with van der Waals surface area (Å²) in [6.07, 6.45) is 2.01. The number of nitrogens with zero attached hydrogens (tertiary/aromatic N) is 2. The molecular weight excluding hydrogens is 366 g/mol. The van der Waals surface area contributed by atoms with Crippen LogP contribution in [0.3, 0.4) is 0 Å². The van der Waals surface area contributed by atoms with Crippen LogP contribution in [0.1, 0.15) is 40.5 Å². The van der Waals surface area contributed by atoms with Crippen molar-refractivity contribution in [3.8, 4) is 0 Å². The fourth-order valence-corrected chi connectivity index (χ4v) is 2.59. The third kappa shape index (κ3) is 5.87. The quantitative estimate of drug-likeness (QED) is 0.502. The van der Waals surface area contributed by atoms with Crippen molar-refractivity contribution in [2.75, 3.05) is 22.5 Å². The molecule has 3 N–H and O–H groups in total. The first-order valence-corrected chi connectivity index (χ1v) is 9.51. The maximum absolute atomic E-state index is 12.5. The lowest BCUT2D eigenvalue weighted by Crippen LogP contribution is -2.18. The summed E-state index contributed by atoms with van der Waals surface area (Å²) in [7, 11) is 0. The van der Waals surface area contributed by atoms with Crippen LogP contribution in [0.2, 0.25) is 0 Å². The highest BCUT2D eigenvalue weighted by Crippen LogP contribution is 2.16. The molecule has 0 fully saturated rings. The van der Waals surface area contributed by atoms with Crippen molar-refractivity contribution in [2.24, 2.45) is 0 Å². The van der Waals surface area contributed by atoms with Gasteiger partial charge in [-0.3, -0.25) is 14.9 Å². The number of rotatable bonds is 8.